The molecule has 1 aliphatic rings. The van der Waals surface area contributed by atoms with E-state index in [0.717, 1.165) is 5.92 Å². The molecular formula is C16H27N3. The van der Waals surface area contributed by atoms with Gasteiger partial charge in [-0.1, -0.05) is 26.2 Å². The second-order valence-corrected chi connectivity index (χ2v) is 5.88. The Morgan fingerprint density at radius 3 is 2.58 bits per heavy atom. The Hall–Kier alpha value is -1.09. The van der Waals surface area contributed by atoms with Crippen LogP contribution in [0.4, 0.5) is 5.82 Å². The second-order valence-electron chi connectivity index (χ2n) is 5.88. The fraction of sp³-hybridized carbons (Fsp3) is 0.688. The molecule has 3 nitrogen and oxygen atoms in total. The molecule has 2 rings (SSSR count). The molecule has 3 N–H and O–H groups in total. The standard InChI is InChI=1S/C16H27N3/c1-4-12-5-7-13(8-6-12)15(18-3)14-11(2)9-10-19-16(14)17/h9-10,12-13,15,18H,4-8H2,1-3H3,(H2,17,19). The average Bonchev–Trinajstić information content (AvgIpc) is 2.43. The van der Waals surface area contributed by atoms with Gasteiger partial charge in [0.05, 0.1) is 0 Å². The Balaban J connectivity index is 2.17. The van der Waals surface area contributed by atoms with Gasteiger partial charge in [0, 0.05) is 17.8 Å². The molecule has 0 bridgehead atoms. The van der Waals surface area contributed by atoms with E-state index in [1.165, 1.54) is 43.2 Å². The van der Waals surface area contributed by atoms with Gasteiger partial charge < -0.3 is 11.1 Å². The molecule has 106 valence electrons. The van der Waals surface area contributed by atoms with Crippen LogP contribution in [0.15, 0.2) is 12.3 Å². The highest BCUT2D eigenvalue weighted by Crippen LogP contribution is 2.39. The third-order valence-electron chi connectivity index (χ3n) is 4.80. The van der Waals surface area contributed by atoms with Gasteiger partial charge in [-0.3, -0.25) is 0 Å². The lowest BCUT2D eigenvalue weighted by Gasteiger charge is -2.34. The summed E-state index contributed by atoms with van der Waals surface area (Å²) < 4.78 is 0. The minimum atomic E-state index is 0.353. The number of anilines is 1. The van der Waals surface area contributed by atoms with Crippen molar-refractivity contribution in [2.24, 2.45) is 11.8 Å². The third kappa shape index (κ3) is 3.08. The molecule has 1 fully saturated rings. The van der Waals surface area contributed by atoms with Crippen LogP contribution in [-0.4, -0.2) is 12.0 Å². The molecule has 0 amide bonds. The van der Waals surface area contributed by atoms with E-state index in [0.29, 0.717) is 17.8 Å². The Kier molecular flexibility index (Phi) is 4.81. The van der Waals surface area contributed by atoms with Crippen molar-refractivity contribution in [2.45, 2.75) is 52.0 Å². The van der Waals surface area contributed by atoms with Crippen molar-refractivity contribution in [1.82, 2.24) is 10.3 Å². The van der Waals surface area contributed by atoms with Crippen LogP contribution in [0, 0.1) is 18.8 Å². The normalized spacial score (nSPS) is 25.2. The Morgan fingerprint density at radius 1 is 1.37 bits per heavy atom. The van der Waals surface area contributed by atoms with Crippen molar-refractivity contribution in [2.75, 3.05) is 12.8 Å². The van der Waals surface area contributed by atoms with E-state index in [2.05, 4.69) is 30.2 Å². The summed E-state index contributed by atoms with van der Waals surface area (Å²) >= 11 is 0. The SMILES string of the molecule is CCC1CCC(C(NC)c2c(C)ccnc2N)CC1. The molecule has 0 aliphatic heterocycles. The molecule has 1 saturated carbocycles. The van der Waals surface area contributed by atoms with E-state index in [1.54, 1.807) is 6.20 Å². The third-order valence-corrected chi connectivity index (χ3v) is 4.80. The second kappa shape index (κ2) is 6.38. The molecule has 1 aromatic rings. The number of pyridine rings is 1. The first-order valence-electron chi connectivity index (χ1n) is 7.55. The summed E-state index contributed by atoms with van der Waals surface area (Å²) in [4.78, 5) is 4.27. The number of aryl methyl sites for hydroxylation is 1. The summed E-state index contributed by atoms with van der Waals surface area (Å²) in [5.41, 5.74) is 8.57. The van der Waals surface area contributed by atoms with E-state index in [9.17, 15) is 0 Å². The number of hydrogen-bond donors (Lipinski definition) is 2. The summed E-state index contributed by atoms with van der Waals surface area (Å²) in [5.74, 6) is 2.32. The van der Waals surface area contributed by atoms with Crippen molar-refractivity contribution >= 4 is 5.82 Å². The van der Waals surface area contributed by atoms with Gasteiger partial charge in [-0.05, 0) is 50.3 Å². The van der Waals surface area contributed by atoms with Crippen LogP contribution in [0.3, 0.4) is 0 Å². The molecule has 1 unspecified atom stereocenters. The van der Waals surface area contributed by atoms with Crippen molar-refractivity contribution in [3.05, 3.63) is 23.4 Å². The zero-order chi connectivity index (χ0) is 13.8. The van der Waals surface area contributed by atoms with Crippen molar-refractivity contribution in [3.63, 3.8) is 0 Å². The number of nitrogen functional groups attached to an aromatic ring is 1. The highest BCUT2D eigenvalue weighted by molar-refractivity contribution is 5.46. The molecule has 0 radical (unpaired) electrons. The van der Waals surface area contributed by atoms with E-state index in [4.69, 9.17) is 5.73 Å². The molecule has 1 aliphatic carbocycles. The van der Waals surface area contributed by atoms with Crippen molar-refractivity contribution < 1.29 is 0 Å². The summed E-state index contributed by atoms with van der Waals surface area (Å²) in [6.07, 6.45) is 8.45. The highest BCUT2D eigenvalue weighted by Gasteiger charge is 2.29. The number of nitrogens with zero attached hydrogens (tertiary/aromatic N) is 1. The summed E-state index contributed by atoms with van der Waals surface area (Å²) in [6, 6.07) is 2.42. The van der Waals surface area contributed by atoms with Crippen LogP contribution in [0.5, 0.6) is 0 Å². The van der Waals surface area contributed by atoms with Gasteiger partial charge in [-0.25, -0.2) is 4.98 Å². The fourth-order valence-corrected chi connectivity index (χ4v) is 3.54. The number of aromatic nitrogens is 1. The van der Waals surface area contributed by atoms with Crippen LogP contribution < -0.4 is 11.1 Å². The van der Waals surface area contributed by atoms with E-state index in [-0.39, 0.29) is 0 Å². The molecule has 0 aromatic carbocycles. The molecule has 0 saturated heterocycles. The summed E-state index contributed by atoms with van der Waals surface area (Å²) in [5, 5.41) is 3.48. The van der Waals surface area contributed by atoms with Gasteiger partial charge in [-0.2, -0.15) is 0 Å². The minimum absolute atomic E-state index is 0.353. The number of hydrogen-bond acceptors (Lipinski definition) is 3. The van der Waals surface area contributed by atoms with E-state index < -0.39 is 0 Å². The summed E-state index contributed by atoms with van der Waals surface area (Å²) in [6.45, 7) is 4.44. The van der Waals surface area contributed by atoms with Crippen molar-refractivity contribution in [1.29, 1.82) is 0 Å². The number of nitrogens with one attached hydrogen (secondary N) is 1. The van der Waals surface area contributed by atoms with Crippen LogP contribution in [0.1, 0.15) is 56.2 Å². The lowest BCUT2D eigenvalue weighted by molar-refractivity contribution is 0.224. The average molecular weight is 261 g/mol. The Morgan fingerprint density at radius 2 is 2.05 bits per heavy atom. The van der Waals surface area contributed by atoms with Crippen LogP contribution in [0.2, 0.25) is 0 Å². The van der Waals surface area contributed by atoms with Crippen LogP contribution >= 0.6 is 0 Å². The lowest BCUT2D eigenvalue weighted by Crippen LogP contribution is -2.30. The van der Waals surface area contributed by atoms with Gasteiger partial charge in [-0.15, -0.1) is 0 Å². The van der Waals surface area contributed by atoms with E-state index >= 15 is 0 Å². The smallest absolute Gasteiger partial charge is 0.128 e. The largest absolute Gasteiger partial charge is 0.383 e. The highest BCUT2D eigenvalue weighted by atomic mass is 14.9. The zero-order valence-electron chi connectivity index (χ0n) is 12.4. The Bertz CT molecular complexity index is 388. The first-order chi connectivity index (χ1) is 9.17. The minimum Gasteiger partial charge on any atom is -0.383 e. The number of rotatable bonds is 4. The van der Waals surface area contributed by atoms with Gasteiger partial charge >= 0.3 is 0 Å². The first kappa shape index (κ1) is 14.3. The van der Waals surface area contributed by atoms with Crippen molar-refractivity contribution in [3.8, 4) is 0 Å². The predicted octanol–water partition coefficient (Wildman–Crippen LogP) is 3.45. The molecule has 1 heterocycles. The molecular weight excluding hydrogens is 234 g/mol. The molecule has 1 atom stereocenters. The number of nitrogens with two attached hydrogens (primary N) is 1. The van der Waals surface area contributed by atoms with Gasteiger partial charge in [0.1, 0.15) is 5.82 Å². The molecule has 3 heteroatoms. The van der Waals surface area contributed by atoms with Crippen LogP contribution in [0.25, 0.3) is 0 Å². The maximum Gasteiger partial charge on any atom is 0.128 e. The topological polar surface area (TPSA) is 50.9 Å². The monoisotopic (exact) mass is 261 g/mol. The van der Waals surface area contributed by atoms with Gasteiger partial charge in [0.25, 0.3) is 0 Å². The Labute approximate surface area is 117 Å². The van der Waals surface area contributed by atoms with Gasteiger partial charge in [0.2, 0.25) is 0 Å². The first-order valence-corrected chi connectivity index (χ1v) is 7.55. The predicted molar refractivity (Wildman–Crippen MR) is 80.9 cm³/mol. The lowest BCUT2D eigenvalue weighted by atomic mass is 9.75. The molecule has 19 heavy (non-hydrogen) atoms. The van der Waals surface area contributed by atoms with Crippen LogP contribution in [-0.2, 0) is 0 Å². The van der Waals surface area contributed by atoms with Gasteiger partial charge in [0.15, 0.2) is 0 Å². The fourth-order valence-electron chi connectivity index (χ4n) is 3.54. The summed E-state index contributed by atoms with van der Waals surface area (Å²) in [7, 11) is 2.04. The van der Waals surface area contributed by atoms with E-state index in [1.807, 2.05) is 7.05 Å². The molecule has 0 spiro atoms. The molecule has 1 aromatic heterocycles. The quantitative estimate of drug-likeness (QED) is 0.873. The maximum absolute atomic E-state index is 6.11. The maximum atomic E-state index is 6.11. The zero-order valence-corrected chi connectivity index (χ0v) is 12.4.